The van der Waals surface area contributed by atoms with Crippen molar-refractivity contribution in [2.24, 2.45) is 5.73 Å². The summed E-state index contributed by atoms with van der Waals surface area (Å²) < 4.78 is 1.94. The van der Waals surface area contributed by atoms with Gasteiger partial charge in [0.15, 0.2) is 0 Å². The number of hydrogen-bond acceptors (Lipinski definition) is 5. The average molecular weight is 235 g/mol. The van der Waals surface area contributed by atoms with Crippen LogP contribution in [0.15, 0.2) is 29.8 Å². The number of rotatable bonds is 4. The molecule has 0 radical (unpaired) electrons. The van der Waals surface area contributed by atoms with Crippen molar-refractivity contribution >= 4 is 11.8 Å². The van der Waals surface area contributed by atoms with E-state index in [2.05, 4.69) is 15.0 Å². The summed E-state index contributed by atoms with van der Waals surface area (Å²) >= 11 is 1.59. The van der Waals surface area contributed by atoms with Crippen LogP contribution in [-0.2, 0) is 6.42 Å². The van der Waals surface area contributed by atoms with Crippen LogP contribution in [0.5, 0.6) is 0 Å². The van der Waals surface area contributed by atoms with Gasteiger partial charge in [0.05, 0.1) is 0 Å². The van der Waals surface area contributed by atoms with Crippen LogP contribution in [0.3, 0.4) is 0 Å². The van der Waals surface area contributed by atoms with E-state index in [1.807, 2.05) is 23.1 Å². The summed E-state index contributed by atoms with van der Waals surface area (Å²) in [5.41, 5.74) is 5.53. The van der Waals surface area contributed by atoms with E-state index in [0.29, 0.717) is 6.54 Å². The van der Waals surface area contributed by atoms with Gasteiger partial charge in [0, 0.05) is 24.9 Å². The Bertz CT molecular complexity index is 468. The minimum absolute atomic E-state index is 0.581. The summed E-state index contributed by atoms with van der Waals surface area (Å²) in [4.78, 5) is 12.6. The van der Waals surface area contributed by atoms with Crippen LogP contribution >= 0.6 is 11.8 Å². The first-order chi connectivity index (χ1) is 7.85. The Hall–Kier alpha value is -1.40. The molecule has 0 aliphatic rings. The Morgan fingerprint density at radius 3 is 3.00 bits per heavy atom. The summed E-state index contributed by atoms with van der Waals surface area (Å²) in [6, 6.07) is 1.94. The van der Waals surface area contributed by atoms with E-state index in [9.17, 15) is 0 Å². The SMILES string of the molecule is CSc1cc(-n2ccnc2CCN)ncn1. The quantitative estimate of drug-likeness (QED) is 0.629. The molecular weight excluding hydrogens is 222 g/mol. The molecule has 0 aliphatic heterocycles. The maximum atomic E-state index is 5.53. The summed E-state index contributed by atoms with van der Waals surface area (Å²) in [7, 11) is 0. The van der Waals surface area contributed by atoms with Gasteiger partial charge < -0.3 is 5.73 Å². The normalized spacial score (nSPS) is 10.6. The van der Waals surface area contributed by atoms with Crippen molar-refractivity contribution in [3.05, 3.63) is 30.6 Å². The van der Waals surface area contributed by atoms with Gasteiger partial charge in [0.2, 0.25) is 0 Å². The predicted molar refractivity (Wildman–Crippen MR) is 63.7 cm³/mol. The fraction of sp³-hybridized carbons (Fsp3) is 0.300. The molecule has 0 atom stereocenters. The third-order valence-electron chi connectivity index (χ3n) is 2.17. The van der Waals surface area contributed by atoms with Crippen molar-refractivity contribution in [3.8, 4) is 5.82 Å². The van der Waals surface area contributed by atoms with Gasteiger partial charge in [-0.1, -0.05) is 0 Å². The van der Waals surface area contributed by atoms with Crippen LogP contribution in [0, 0.1) is 0 Å². The Balaban J connectivity index is 2.37. The second kappa shape index (κ2) is 5.09. The lowest BCUT2D eigenvalue weighted by Crippen LogP contribution is -2.09. The number of imidazole rings is 1. The standard InChI is InChI=1S/C10H13N5S/c1-16-10-6-9(13-7-14-10)15-5-4-12-8(15)2-3-11/h4-7H,2-3,11H2,1H3. The summed E-state index contributed by atoms with van der Waals surface area (Å²) in [6.07, 6.45) is 7.93. The van der Waals surface area contributed by atoms with Crippen molar-refractivity contribution in [1.29, 1.82) is 0 Å². The highest BCUT2D eigenvalue weighted by molar-refractivity contribution is 7.98. The van der Waals surface area contributed by atoms with Crippen molar-refractivity contribution in [2.45, 2.75) is 11.4 Å². The molecule has 0 aliphatic carbocycles. The Labute approximate surface area is 98.1 Å². The Morgan fingerprint density at radius 2 is 2.25 bits per heavy atom. The molecule has 0 aromatic carbocycles. The topological polar surface area (TPSA) is 69.6 Å². The summed E-state index contributed by atoms with van der Waals surface area (Å²) in [6.45, 7) is 0.581. The molecule has 0 saturated heterocycles. The number of aromatic nitrogens is 4. The van der Waals surface area contributed by atoms with E-state index in [4.69, 9.17) is 5.73 Å². The van der Waals surface area contributed by atoms with Gasteiger partial charge in [-0.25, -0.2) is 15.0 Å². The molecular formula is C10H13N5S. The maximum Gasteiger partial charge on any atom is 0.142 e. The van der Waals surface area contributed by atoms with E-state index in [1.54, 1.807) is 24.3 Å². The minimum Gasteiger partial charge on any atom is -0.330 e. The molecule has 5 nitrogen and oxygen atoms in total. The third-order valence-corrected chi connectivity index (χ3v) is 2.81. The van der Waals surface area contributed by atoms with E-state index in [1.165, 1.54) is 0 Å². The molecule has 0 amide bonds. The van der Waals surface area contributed by atoms with Crippen LogP contribution in [0.4, 0.5) is 0 Å². The monoisotopic (exact) mass is 235 g/mol. The number of nitrogens with two attached hydrogens (primary N) is 1. The van der Waals surface area contributed by atoms with E-state index in [-0.39, 0.29) is 0 Å². The second-order valence-corrected chi connectivity index (χ2v) is 4.00. The largest absolute Gasteiger partial charge is 0.330 e. The third kappa shape index (κ3) is 2.23. The zero-order valence-corrected chi connectivity index (χ0v) is 9.81. The fourth-order valence-corrected chi connectivity index (χ4v) is 1.81. The van der Waals surface area contributed by atoms with E-state index >= 15 is 0 Å². The van der Waals surface area contributed by atoms with E-state index < -0.39 is 0 Å². The number of nitrogens with zero attached hydrogens (tertiary/aromatic N) is 4. The highest BCUT2D eigenvalue weighted by Gasteiger charge is 2.06. The highest BCUT2D eigenvalue weighted by Crippen LogP contribution is 2.14. The molecule has 0 bridgehead atoms. The van der Waals surface area contributed by atoms with Gasteiger partial charge in [-0.2, -0.15) is 0 Å². The molecule has 2 rings (SSSR count). The summed E-state index contributed by atoms with van der Waals surface area (Å²) in [5.74, 6) is 1.76. The maximum absolute atomic E-state index is 5.53. The molecule has 0 fully saturated rings. The second-order valence-electron chi connectivity index (χ2n) is 3.17. The molecule has 0 unspecified atom stereocenters. The number of hydrogen-bond donors (Lipinski definition) is 1. The molecule has 2 aromatic rings. The van der Waals surface area contributed by atoms with Crippen LogP contribution in [0.1, 0.15) is 5.82 Å². The lowest BCUT2D eigenvalue weighted by atomic mass is 10.4. The molecule has 0 spiro atoms. The summed E-state index contributed by atoms with van der Waals surface area (Å²) in [5, 5.41) is 0.942. The van der Waals surface area contributed by atoms with Crippen molar-refractivity contribution in [2.75, 3.05) is 12.8 Å². The minimum atomic E-state index is 0.581. The predicted octanol–water partition coefficient (Wildman–Crippen LogP) is 0.885. The smallest absolute Gasteiger partial charge is 0.142 e. The van der Waals surface area contributed by atoms with Crippen molar-refractivity contribution in [3.63, 3.8) is 0 Å². The first-order valence-electron chi connectivity index (χ1n) is 4.94. The zero-order valence-electron chi connectivity index (χ0n) is 9.00. The van der Waals surface area contributed by atoms with Gasteiger partial charge in [-0.05, 0) is 12.8 Å². The van der Waals surface area contributed by atoms with Gasteiger partial charge >= 0.3 is 0 Å². The highest BCUT2D eigenvalue weighted by atomic mass is 32.2. The Kier molecular flexibility index (Phi) is 3.53. The Morgan fingerprint density at radius 1 is 1.38 bits per heavy atom. The zero-order chi connectivity index (χ0) is 11.4. The molecule has 2 aromatic heterocycles. The molecule has 2 N–H and O–H groups in total. The lowest BCUT2D eigenvalue weighted by molar-refractivity contribution is 0.814. The first kappa shape index (κ1) is 11.1. The van der Waals surface area contributed by atoms with E-state index in [0.717, 1.165) is 23.1 Å². The number of thioether (sulfide) groups is 1. The van der Waals surface area contributed by atoms with Gasteiger partial charge in [-0.3, -0.25) is 4.57 Å². The van der Waals surface area contributed by atoms with Gasteiger partial charge in [-0.15, -0.1) is 11.8 Å². The molecule has 84 valence electrons. The molecule has 2 heterocycles. The van der Waals surface area contributed by atoms with Crippen molar-refractivity contribution < 1.29 is 0 Å². The lowest BCUT2D eigenvalue weighted by Gasteiger charge is -2.06. The molecule has 0 saturated carbocycles. The van der Waals surface area contributed by atoms with Crippen LogP contribution < -0.4 is 5.73 Å². The van der Waals surface area contributed by atoms with Gasteiger partial charge in [0.1, 0.15) is 23.0 Å². The van der Waals surface area contributed by atoms with Crippen molar-refractivity contribution in [1.82, 2.24) is 19.5 Å². The van der Waals surface area contributed by atoms with Crippen LogP contribution in [-0.4, -0.2) is 32.3 Å². The molecule has 16 heavy (non-hydrogen) atoms. The van der Waals surface area contributed by atoms with Crippen LogP contribution in [0.25, 0.3) is 5.82 Å². The fourth-order valence-electron chi connectivity index (χ4n) is 1.43. The molecule has 6 heteroatoms. The average Bonchev–Trinajstić information content (AvgIpc) is 2.78. The van der Waals surface area contributed by atoms with Gasteiger partial charge in [0.25, 0.3) is 0 Å². The van der Waals surface area contributed by atoms with Crippen LogP contribution in [0.2, 0.25) is 0 Å². The first-order valence-corrected chi connectivity index (χ1v) is 6.16.